The van der Waals surface area contributed by atoms with Crippen molar-refractivity contribution in [1.29, 1.82) is 0 Å². The van der Waals surface area contributed by atoms with Crippen molar-refractivity contribution < 1.29 is 13.0 Å². The maximum Gasteiger partial charge on any atom is 0.294 e. The number of nitrogens with two attached hydrogens (primary N) is 1. The highest BCUT2D eigenvalue weighted by atomic mass is 32.2. The lowest BCUT2D eigenvalue weighted by molar-refractivity contribution is 0.483. The highest BCUT2D eigenvalue weighted by molar-refractivity contribution is 7.85. The Labute approximate surface area is 153 Å². The Bertz CT molecular complexity index is 803. The molecule has 1 atom stereocenters. The second kappa shape index (κ2) is 9.32. The summed E-state index contributed by atoms with van der Waals surface area (Å²) in [6, 6.07) is 5.99. The van der Waals surface area contributed by atoms with E-state index in [1.54, 1.807) is 18.3 Å². The first-order valence-electron chi connectivity index (χ1n) is 8.15. The minimum Gasteiger partial charge on any atom is -0.356 e. The SMILES string of the molecule is Cc1ccc(S(=O)(=O)O)cc1.NC1CN=C(NCCCn2ccnc2)N1. The molecule has 0 bridgehead atoms. The molecule has 0 fully saturated rings. The van der Waals surface area contributed by atoms with Crippen LogP contribution >= 0.6 is 0 Å². The van der Waals surface area contributed by atoms with Gasteiger partial charge in [-0.2, -0.15) is 8.42 Å². The van der Waals surface area contributed by atoms with E-state index in [2.05, 4.69) is 25.2 Å². The molecule has 1 aliphatic rings. The lowest BCUT2D eigenvalue weighted by Crippen LogP contribution is -2.43. The molecule has 1 aromatic heterocycles. The molecule has 0 radical (unpaired) electrons. The van der Waals surface area contributed by atoms with Crippen molar-refractivity contribution in [2.24, 2.45) is 10.7 Å². The summed E-state index contributed by atoms with van der Waals surface area (Å²) in [6.07, 6.45) is 6.57. The molecule has 3 rings (SSSR count). The van der Waals surface area contributed by atoms with Gasteiger partial charge in [0.15, 0.2) is 5.96 Å². The molecule has 2 aromatic rings. The van der Waals surface area contributed by atoms with E-state index in [9.17, 15) is 8.42 Å². The number of aliphatic imine (C=N–C) groups is 1. The quantitative estimate of drug-likeness (QED) is 0.434. The Morgan fingerprint density at radius 3 is 2.65 bits per heavy atom. The number of hydrogen-bond acceptors (Lipinski definition) is 7. The van der Waals surface area contributed by atoms with Crippen molar-refractivity contribution in [2.75, 3.05) is 13.1 Å². The van der Waals surface area contributed by atoms with Crippen molar-refractivity contribution in [3.8, 4) is 0 Å². The van der Waals surface area contributed by atoms with E-state index >= 15 is 0 Å². The van der Waals surface area contributed by atoms with Crippen molar-refractivity contribution in [3.05, 3.63) is 48.5 Å². The van der Waals surface area contributed by atoms with Crippen LogP contribution in [0.1, 0.15) is 12.0 Å². The molecule has 0 spiro atoms. The van der Waals surface area contributed by atoms with Gasteiger partial charge in [-0.05, 0) is 25.5 Å². The standard InChI is InChI=1S/C9H16N6.C7H8O3S/c10-8-6-13-9(14-8)12-2-1-4-15-5-3-11-7-15;1-6-2-4-7(5-3-6)11(8,9)10/h3,5,7-8H,1-2,4,6,10H2,(H2,12,13,14);2-5H,1H3,(H,8,9,10). The van der Waals surface area contributed by atoms with Crippen LogP contribution in [0.2, 0.25) is 0 Å². The van der Waals surface area contributed by atoms with Crippen LogP contribution in [0.4, 0.5) is 0 Å². The molecule has 0 aliphatic carbocycles. The predicted molar refractivity (Wildman–Crippen MR) is 99.3 cm³/mol. The average Bonchev–Trinajstić information content (AvgIpc) is 3.23. The molecule has 1 aliphatic heterocycles. The Balaban J connectivity index is 0.000000197. The topological polar surface area (TPSA) is 135 Å². The van der Waals surface area contributed by atoms with Gasteiger partial charge in [-0.3, -0.25) is 4.55 Å². The second-order valence-electron chi connectivity index (χ2n) is 5.81. The molecule has 142 valence electrons. The fourth-order valence-electron chi connectivity index (χ4n) is 2.16. The zero-order valence-electron chi connectivity index (χ0n) is 14.5. The fourth-order valence-corrected chi connectivity index (χ4v) is 2.64. The number of hydrogen-bond donors (Lipinski definition) is 4. The summed E-state index contributed by atoms with van der Waals surface area (Å²) in [4.78, 5) is 8.11. The van der Waals surface area contributed by atoms with Crippen molar-refractivity contribution in [2.45, 2.75) is 31.0 Å². The van der Waals surface area contributed by atoms with Crippen LogP contribution in [0.5, 0.6) is 0 Å². The highest BCUT2D eigenvalue weighted by Crippen LogP contribution is 2.08. The summed E-state index contributed by atoms with van der Waals surface area (Å²) in [5.41, 5.74) is 6.58. The Kier molecular flexibility index (Phi) is 7.13. The van der Waals surface area contributed by atoms with Gasteiger partial charge in [0.05, 0.1) is 23.9 Å². The summed E-state index contributed by atoms with van der Waals surface area (Å²) in [5.74, 6) is 0.813. The van der Waals surface area contributed by atoms with E-state index in [4.69, 9.17) is 10.3 Å². The summed E-state index contributed by atoms with van der Waals surface area (Å²) in [6.45, 7) is 4.35. The third-order valence-corrected chi connectivity index (χ3v) is 4.40. The third kappa shape index (κ3) is 6.82. The maximum absolute atomic E-state index is 10.5. The Morgan fingerprint density at radius 1 is 1.38 bits per heavy atom. The number of benzene rings is 1. The van der Waals surface area contributed by atoms with E-state index in [1.807, 2.05) is 19.4 Å². The number of guanidine groups is 1. The summed E-state index contributed by atoms with van der Waals surface area (Å²) >= 11 is 0. The zero-order chi connectivity index (χ0) is 19.0. The molecule has 26 heavy (non-hydrogen) atoms. The minimum atomic E-state index is -4.02. The van der Waals surface area contributed by atoms with Crippen LogP contribution < -0.4 is 16.4 Å². The molecule has 0 amide bonds. The molecule has 1 aromatic carbocycles. The first-order chi connectivity index (χ1) is 12.3. The average molecular weight is 380 g/mol. The molecule has 10 heteroatoms. The summed E-state index contributed by atoms with van der Waals surface area (Å²) in [7, 11) is -4.02. The molecule has 1 unspecified atom stereocenters. The van der Waals surface area contributed by atoms with Gasteiger partial charge in [-0.15, -0.1) is 0 Å². The molecule has 0 saturated heterocycles. The van der Waals surface area contributed by atoms with Crippen molar-refractivity contribution in [1.82, 2.24) is 20.2 Å². The van der Waals surface area contributed by atoms with E-state index in [1.165, 1.54) is 12.1 Å². The Hall–Kier alpha value is -2.43. The van der Waals surface area contributed by atoms with Crippen LogP contribution in [-0.2, 0) is 16.7 Å². The molecule has 0 saturated carbocycles. The van der Waals surface area contributed by atoms with Crippen LogP contribution in [0, 0.1) is 6.92 Å². The molecular formula is C16H24N6O3S. The lowest BCUT2D eigenvalue weighted by atomic mass is 10.2. The molecule has 5 N–H and O–H groups in total. The van der Waals surface area contributed by atoms with Gasteiger partial charge >= 0.3 is 0 Å². The second-order valence-corrected chi connectivity index (χ2v) is 7.23. The number of aryl methyl sites for hydroxylation is 2. The monoisotopic (exact) mass is 380 g/mol. The number of nitrogens with zero attached hydrogens (tertiary/aromatic N) is 3. The first-order valence-corrected chi connectivity index (χ1v) is 9.59. The third-order valence-electron chi connectivity index (χ3n) is 3.53. The molecule has 2 heterocycles. The fraction of sp³-hybridized carbons (Fsp3) is 0.375. The van der Waals surface area contributed by atoms with Crippen molar-refractivity contribution >= 4 is 16.1 Å². The van der Waals surface area contributed by atoms with Gasteiger partial charge in [0.1, 0.15) is 0 Å². The number of aromatic nitrogens is 2. The normalized spacial score (nSPS) is 16.3. The van der Waals surface area contributed by atoms with E-state index < -0.39 is 10.1 Å². The summed E-state index contributed by atoms with van der Waals surface area (Å²) in [5, 5.41) is 6.24. The van der Waals surface area contributed by atoms with Gasteiger partial charge in [0.2, 0.25) is 0 Å². The van der Waals surface area contributed by atoms with E-state index in [0.29, 0.717) is 6.54 Å². The highest BCUT2D eigenvalue weighted by Gasteiger charge is 2.11. The lowest BCUT2D eigenvalue weighted by Gasteiger charge is -2.08. The van der Waals surface area contributed by atoms with Crippen LogP contribution in [0.15, 0.2) is 52.9 Å². The van der Waals surface area contributed by atoms with Gasteiger partial charge in [-0.25, -0.2) is 9.98 Å². The maximum atomic E-state index is 10.5. The van der Waals surface area contributed by atoms with E-state index in [-0.39, 0.29) is 11.1 Å². The van der Waals surface area contributed by atoms with Gasteiger partial charge in [-0.1, -0.05) is 17.7 Å². The zero-order valence-corrected chi connectivity index (χ0v) is 15.4. The van der Waals surface area contributed by atoms with Crippen LogP contribution in [-0.4, -0.2) is 47.7 Å². The largest absolute Gasteiger partial charge is 0.356 e. The number of nitrogens with one attached hydrogen (secondary N) is 2. The van der Waals surface area contributed by atoms with Gasteiger partial charge < -0.3 is 20.9 Å². The molecule has 9 nitrogen and oxygen atoms in total. The van der Waals surface area contributed by atoms with Gasteiger partial charge in [0.25, 0.3) is 10.1 Å². The van der Waals surface area contributed by atoms with Crippen LogP contribution in [0.25, 0.3) is 0 Å². The predicted octanol–water partition coefficient (Wildman–Crippen LogP) is 0.349. The minimum absolute atomic E-state index is 0.0267. The first kappa shape index (κ1) is 19.9. The Morgan fingerprint density at radius 2 is 2.12 bits per heavy atom. The van der Waals surface area contributed by atoms with Crippen LogP contribution in [0.3, 0.4) is 0 Å². The smallest absolute Gasteiger partial charge is 0.294 e. The van der Waals surface area contributed by atoms with E-state index in [0.717, 1.165) is 31.0 Å². The number of imidazole rings is 1. The van der Waals surface area contributed by atoms with Crippen molar-refractivity contribution in [3.63, 3.8) is 0 Å². The van der Waals surface area contributed by atoms with Gasteiger partial charge in [0, 0.05) is 25.5 Å². The molecular weight excluding hydrogens is 356 g/mol. The number of rotatable bonds is 5. The summed E-state index contributed by atoms with van der Waals surface area (Å²) < 4.78 is 31.6.